The molecule has 2 amide bonds. The van der Waals surface area contributed by atoms with Gasteiger partial charge in [-0.15, -0.1) is 0 Å². The van der Waals surface area contributed by atoms with Gasteiger partial charge in [-0.3, -0.25) is 0 Å². The van der Waals surface area contributed by atoms with Gasteiger partial charge < -0.3 is 25.5 Å². The second-order valence-corrected chi connectivity index (χ2v) is 4.71. The Morgan fingerprint density at radius 1 is 1.35 bits per heavy atom. The molecule has 108 valence electrons. The molecule has 1 aliphatic heterocycles. The van der Waals surface area contributed by atoms with E-state index < -0.39 is 18.1 Å². The summed E-state index contributed by atoms with van der Waals surface area (Å²) in [4.78, 5) is 24.2. The van der Waals surface area contributed by atoms with Crippen molar-refractivity contribution < 1.29 is 24.9 Å². The molecule has 1 aliphatic rings. The van der Waals surface area contributed by atoms with Gasteiger partial charge in [-0.05, 0) is 31.0 Å². The number of carbonyl (C=O) groups is 2. The number of benzene rings is 1. The van der Waals surface area contributed by atoms with Crippen LogP contribution < -0.4 is 5.32 Å². The molecule has 1 saturated heterocycles. The Morgan fingerprint density at radius 2 is 2.10 bits per heavy atom. The molecular formula is C13H16N2O5. The Balaban J connectivity index is 2.06. The molecule has 7 nitrogen and oxygen atoms in total. The van der Waals surface area contributed by atoms with Crippen LogP contribution in [-0.2, 0) is 0 Å². The molecule has 1 fully saturated rings. The minimum atomic E-state index is -1.16. The van der Waals surface area contributed by atoms with Gasteiger partial charge in [0.15, 0.2) is 0 Å². The number of carboxylic acids is 1. The summed E-state index contributed by atoms with van der Waals surface area (Å²) in [7, 11) is 0. The Morgan fingerprint density at radius 3 is 2.70 bits per heavy atom. The number of amides is 2. The van der Waals surface area contributed by atoms with Crippen molar-refractivity contribution in [3.63, 3.8) is 0 Å². The molecule has 0 saturated carbocycles. The maximum atomic E-state index is 12.0. The van der Waals surface area contributed by atoms with Crippen LogP contribution in [0.15, 0.2) is 18.2 Å². The number of hydrogen-bond donors (Lipinski definition) is 4. The number of nitrogens with zero attached hydrogens (tertiary/aromatic N) is 1. The summed E-state index contributed by atoms with van der Waals surface area (Å²) in [5.41, 5.74) is 0.0777. The number of phenolic OH excluding ortho intramolecular Hbond substituents is 1. The van der Waals surface area contributed by atoms with Gasteiger partial charge in [-0.2, -0.15) is 0 Å². The second kappa shape index (κ2) is 5.79. The van der Waals surface area contributed by atoms with E-state index in [0.29, 0.717) is 13.0 Å². The fraction of sp³-hybridized carbons (Fsp3) is 0.385. The minimum Gasteiger partial charge on any atom is -0.506 e. The molecule has 1 aromatic rings. The van der Waals surface area contributed by atoms with E-state index in [4.69, 9.17) is 5.11 Å². The van der Waals surface area contributed by atoms with Crippen LogP contribution in [-0.4, -0.2) is 51.4 Å². The van der Waals surface area contributed by atoms with Crippen LogP contribution >= 0.6 is 0 Å². The number of aromatic hydroxyl groups is 1. The number of carboxylic acid groups (broad SMARTS) is 1. The first-order valence-corrected chi connectivity index (χ1v) is 6.27. The quantitative estimate of drug-likeness (QED) is 0.606. The van der Waals surface area contributed by atoms with Crippen molar-refractivity contribution in [2.24, 2.45) is 0 Å². The van der Waals surface area contributed by atoms with Crippen LogP contribution in [0, 0.1) is 0 Å². The van der Waals surface area contributed by atoms with E-state index in [-0.39, 0.29) is 23.5 Å². The molecule has 0 aromatic heterocycles. The third-order valence-electron chi connectivity index (χ3n) is 3.17. The van der Waals surface area contributed by atoms with Gasteiger partial charge in [0.1, 0.15) is 5.75 Å². The first-order chi connectivity index (χ1) is 9.47. The Kier molecular flexibility index (Phi) is 4.09. The minimum absolute atomic E-state index is 0.0612. The van der Waals surface area contributed by atoms with E-state index in [9.17, 15) is 19.8 Å². The molecule has 2 rings (SSSR count). The molecule has 20 heavy (non-hydrogen) atoms. The third kappa shape index (κ3) is 3.18. The summed E-state index contributed by atoms with van der Waals surface area (Å²) in [6, 6.07) is 3.27. The van der Waals surface area contributed by atoms with Crippen molar-refractivity contribution in [1.82, 2.24) is 4.90 Å². The number of β-amino-alcohol motifs (C(OH)–C–C–N with tert-alkyl or cyclic N) is 1. The summed E-state index contributed by atoms with van der Waals surface area (Å²) in [6.45, 7) is 0.788. The first kappa shape index (κ1) is 14.1. The normalized spacial score (nSPS) is 18.6. The summed E-state index contributed by atoms with van der Waals surface area (Å²) in [5, 5.41) is 30.5. The van der Waals surface area contributed by atoms with E-state index in [1.54, 1.807) is 0 Å². The zero-order valence-corrected chi connectivity index (χ0v) is 10.7. The summed E-state index contributed by atoms with van der Waals surface area (Å²) >= 11 is 0. The first-order valence-electron chi connectivity index (χ1n) is 6.27. The van der Waals surface area contributed by atoms with Gasteiger partial charge in [0.05, 0.1) is 17.4 Å². The lowest BCUT2D eigenvalue weighted by Gasteiger charge is -2.30. The predicted octanol–water partition coefficient (Wildman–Crippen LogP) is 1.08. The summed E-state index contributed by atoms with van der Waals surface area (Å²) < 4.78 is 0. The van der Waals surface area contributed by atoms with Crippen LogP contribution in [0.5, 0.6) is 5.75 Å². The lowest BCUT2D eigenvalue weighted by atomic mass is 10.1. The van der Waals surface area contributed by atoms with Gasteiger partial charge in [-0.25, -0.2) is 9.59 Å². The van der Waals surface area contributed by atoms with Gasteiger partial charge in [0.2, 0.25) is 0 Å². The van der Waals surface area contributed by atoms with Crippen molar-refractivity contribution in [2.75, 3.05) is 18.4 Å². The standard InChI is InChI=1S/C13H16N2O5/c16-9-2-1-5-15(7-9)13(20)14-10-4-3-8(12(18)19)6-11(10)17/h3-4,6,9,16-17H,1-2,5,7H2,(H,14,20)(H,18,19). The smallest absolute Gasteiger partial charge is 0.335 e. The van der Waals surface area contributed by atoms with Crippen LogP contribution in [0.2, 0.25) is 0 Å². The SMILES string of the molecule is O=C(O)c1ccc(NC(=O)N2CCCC(O)C2)c(O)c1. The van der Waals surface area contributed by atoms with E-state index in [2.05, 4.69) is 5.32 Å². The van der Waals surface area contributed by atoms with Crippen molar-refractivity contribution in [2.45, 2.75) is 18.9 Å². The van der Waals surface area contributed by atoms with Crippen molar-refractivity contribution in [3.05, 3.63) is 23.8 Å². The molecule has 4 N–H and O–H groups in total. The Bertz CT molecular complexity index is 531. The fourth-order valence-corrected chi connectivity index (χ4v) is 2.10. The molecule has 0 radical (unpaired) electrons. The zero-order valence-electron chi connectivity index (χ0n) is 10.7. The van der Waals surface area contributed by atoms with Crippen LogP contribution in [0.25, 0.3) is 0 Å². The number of likely N-dealkylation sites (tertiary alicyclic amines) is 1. The molecule has 1 aromatic carbocycles. The predicted molar refractivity (Wildman–Crippen MR) is 70.9 cm³/mol. The summed E-state index contributed by atoms with van der Waals surface area (Å²) in [6.07, 6.45) is 0.860. The number of urea groups is 1. The van der Waals surface area contributed by atoms with Gasteiger partial charge in [0.25, 0.3) is 0 Å². The number of hydrogen-bond acceptors (Lipinski definition) is 4. The molecule has 0 aliphatic carbocycles. The Labute approximate surface area is 115 Å². The van der Waals surface area contributed by atoms with Crippen molar-refractivity contribution in [3.8, 4) is 5.75 Å². The zero-order chi connectivity index (χ0) is 14.7. The molecule has 1 heterocycles. The van der Waals surface area contributed by atoms with Crippen molar-refractivity contribution >= 4 is 17.7 Å². The van der Waals surface area contributed by atoms with Crippen LogP contribution in [0.1, 0.15) is 23.2 Å². The van der Waals surface area contributed by atoms with Crippen molar-refractivity contribution in [1.29, 1.82) is 0 Å². The van der Waals surface area contributed by atoms with E-state index in [1.165, 1.54) is 17.0 Å². The highest BCUT2D eigenvalue weighted by Crippen LogP contribution is 2.25. The maximum absolute atomic E-state index is 12.0. The van der Waals surface area contributed by atoms with E-state index >= 15 is 0 Å². The molecule has 7 heteroatoms. The van der Waals surface area contributed by atoms with E-state index in [0.717, 1.165) is 12.5 Å². The number of nitrogens with one attached hydrogen (secondary N) is 1. The highest BCUT2D eigenvalue weighted by molar-refractivity contribution is 5.93. The van der Waals surface area contributed by atoms with Gasteiger partial charge >= 0.3 is 12.0 Å². The largest absolute Gasteiger partial charge is 0.506 e. The summed E-state index contributed by atoms with van der Waals surface area (Å²) in [5.74, 6) is -1.46. The van der Waals surface area contributed by atoms with Crippen LogP contribution in [0.3, 0.4) is 0 Å². The van der Waals surface area contributed by atoms with Gasteiger partial charge in [-0.1, -0.05) is 0 Å². The molecule has 1 atom stereocenters. The van der Waals surface area contributed by atoms with E-state index in [1.807, 2.05) is 0 Å². The average Bonchev–Trinajstić information content (AvgIpc) is 2.40. The highest BCUT2D eigenvalue weighted by Gasteiger charge is 2.22. The number of rotatable bonds is 2. The number of piperidine rings is 1. The number of aromatic carboxylic acids is 1. The monoisotopic (exact) mass is 280 g/mol. The molecule has 0 spiro atoms. The molecule has 0 bridgehead atoms. The fourth-order valence-electron chi connectivity index (χ4n) is 2.10. The number of anilines is 1. The third-order valence-corrected chi connectivity index (χ3v) is 3.17. The molecular weight excluding hydrogens is 264 g/mol. The average molecular weight is 280 g/mol. The molecule has 1 unspecified atom stereocenters. The maximum Gasteiger partial charge on any atom is 0.335 e. The number of aliphatic hydroxyl groups is 1. The lowest BCUT2D eigenvalue weighted by Crippen LogP contribution is -2.44. The lowest BCUT2D eigenvalue weighted by molar-refractivity contribution is 0.0696. The second-order valence-electron chi connectivity index (χ2n) is 4.71. The number of aliphatic hydroxyl groups excluding tert-OH is 1. The van der Waals surface area contributed by atoms with Crippen LogP contribution in [0.4, 0.5) is 10.5 Å². The topological polar surface area (TPSA) is 110 Å². The Hall–Kier alpha value is -2.28. The number of phenols is 1. The highest BCUT2D eigenvalue weighted by atomic mass is 16.4. The number of carbonyl (C=O) groups excluding carboxylic acids is 1. The van der Waals surface area contributed by atoms with Gasteiger partial charge in [0, 0.05) is 13.1 Å².